The SMILES string of the molecule is Cc1ccc(N2c3cc4c5c(c3)N3c6cc(cc7c6P5(=O)c5c6cc(cc5N4c4ccc(C)c5cc8c(C)ccc2c8cc45)N(c2ccc(C)cc2)c2ccc(C)c4cc5c(C)ccc(c5cc24)N67)N(c2ccc(C)cc2)c2ccc(C)c4cc5c(C)ccc3c5cc24)cc1. The predicted molar refractivity (Wildman–Crippen MR) is 403 cm³/mol. The fourth-order valence-electron chi connectivity index (χ4n) is 17.5. The van der Waals surface area contributed by atoms with Crippen molar-refractivity contribution in [1.82, 2.24) is 0 Å². The predicted octanol–water partition coefficient (Wildman–Crippen LogP) is 23.7. The van der Waals surface area contributed by atoms with Gasteiger partial charge in [0.1, 0.15) is 0 Å². The third-order valence-electron chi connectivity index (χ3n) is 22.3. The molecule has 15 aromatic carbocycles. The highest BCUT2D eigenvalue weighted by atomic mass is 31.2. The van der Waals surface area contributed by atoms with Crippen molar-refractivity contribution in [2.24, 2.45) is 0 Å². The molecule has 21 rings (SSSR count). The van der Waals surface area contributed by atoms with E-state index in [2.05, 4.69) is 310 Å². The molecule has 6 aliphatic rings. The van der Waals surface area contributed by atoms with Crippen LogP contribution in [-0.2, 0) is 4.57 Å². The van der Waals surface area contributed by atoms with Crippen LogP contribution in [0.1, 0.15) is 50.1 Å². The second-order valence-corrected chi connectivity index (χ2v) is 30.4. The Morgan fingerprint density at radius 1 is 0.189 bits per heavy atom. The Labute approximate surface area is 551 Å². The van der Waals surface area contributed by atoms with Gasteiger partial charge >= 0.3 is 0 Å². The van der Waals surface area contributed by atoms with E-state index in [0.717, 1.165) is 151 Å². The van der Waals surface area contributed by atoms with Crippen LogP contribution < -0.4 is 45.3 Å². The zero-order chi connectivity index (χ0) is 63.7. The first-order chi connectivity index (χ1) is 46.2. The lowest BCUT2D eigenvalue weighted by Crippen LogP contribution is -2.48. The summed E-state index contributed by atoms with van der Waals surface area (Å²) in [5.41, 5.74) is 28.6. The molecular formula is C87H63N6OP. The molecule has 0 saturated heterocycles. The summed E-state index contributed by atoms with van der Waals surface area (Å²) in [7, 11) is -4.04. The van der Waals surface area contributed by atoms with E-state index in [1.165, 1.54) is 82.4 Å². The van der Waals surface area contributed by atoms with Crippen molar-refractivity contribution in [2.45, 2.75) is 62.3 Å². The minimum absolute atomic E-state index is 0.838. The highest BCUT2D eigenvalue weighted by Gasteiger charge is 2.56. The van der Waals surface area contributed by atoms with Crippen molar-refractivity contribution < 1.29 is 4.57 Å². The molecule has 95 heavy (non-hydrogen) atoms. The van der Waals surface area contributed by atoms with E-state index < -0.39 is 7.14 Å². The summed E-state index contributed by atoms with van der Waals surface area (Å²) in [5.74, 6) is 0. The van der Waals surface area contributed by atoms with Gasteiger partial charge in [0.25, 0.3) is 0 Å². The van der Waals surface area contributed by atoms with Crippen molar-refractivity contribution in [3.05, 3.63) is 268 Å². The first-order valence-corrected chi connectivity index (χ1v) is 34.9. The number of rotatable bonds is 3. The zero-order valence-corrected chi connectivity index (χ0v) is 55.2. The van der Waals surface area contributed by atoms with Crippen LogP contribution >= 0.6 is 7.14 Å². The molecule has 0 saturated carbocycles. The highest BCUT2D eigenvalue weighted by Crippen LogP contribution is 2.70. The van der Waals surface area contributed by atoms with Gasteiger partial charge in [-0.1, -0.05) is 89.5 Å². The largest absolute Gasteiger partial charge is 0.310 e. The van der Waals surface area contributed by atoms with Crippen LogP contribution in [0.3, 0.4) is 0 Å². The van der Waals surface area contributed by atoms with Crippen LogP contribution in [-0.4, -0.2) is 0 Å². The Morgan fingerprint density at radius 2 is 0.379 bits per heavy atom. The van der Waals surface area contributed by atoms with E-state index in [1.54, 1.807) is 0 Å². The van der Waals surface area contributed by atoms with Crippen molar-refractivity contribution >= 4 is 190 Å². The van der Waals surface area contributed by atoms with Gasteiger partial charge in [0.05, 0.1) is 101 Å². The summed E-state index contributed by atoms with van der Waals surface area (Å²) in [5, 5.41) is 16.6. The number of benzene rings is 15. The van der Waals surface area contributed by atoms with Gasteiger partial charge in [0.15, 0.2) is 7.14 Å². The monoisotopic (exact) mass is 1240 g/mol. The molecule has 6 aliphatic heterocycles. The summed E-state index contributed by atoms with van der Waals surface area (Å²) in [6.07, 6.45) is 0. The van der Waals surface area contributed by atoms with Gasteiger partial charge in [0, 0.05) is 49.4 Å². The molecule has 0 N–H and O–H groups in total. The highest BCUT2D eigenvalue weighted by molar-refractivity contribution is 7.87. The first kappa shape index (κ1) is 53.4. The molecule has 0 spiro atoms. The summed E-state index contributed by atoms with van der Waals surface area (Å²) >= 11 is 0. The molecule has 12 bridgehead atoms. The minimum Gasteiger partial charge on any atom is -0.310 e. The minimum atomic E-state index is -4.04. The molecule has 0 atom stereocenters. The van der Waals surface area contributed by atoms with E-state index in [4.69, 9.17) is 0 Å². The topological polar surface area (TPSA) is 36.5 Å². The second kappa shape index (κ2) is 18.2. The average Bonchev–Trinajstić information content (AvgIpc) is 0.652. The number of aryl methyl sites for hydroxylation is 9. The van der Waals surface area contributed by atoms with Crippen molar-refractivity contribution in [3.8, 4) is 0 Å². The fourth-order valence-corrected chi connectivity index (χ4v) is 21.1. The summed E-state index contributed by atoms with van der Waals surface area (Å²) < 4.78 is 19.5. The Kier molecular flexibility index (Phi) is 10.2. The Balaban J connectivity index is 1.02. The first-order valence-electron chi connectivity index (χ1n) is 33.2. The van der Waals surface area contributed by atoms with Crippen molar-refractivity contribution in [1.29, 1.82) is 0 Å². The fraction of sp³-hybridized carbons (Fsp3) is 0.103. The molecule has 0 fully saturated rings. The zero-order valence-electron chi connectivity index (χ0n) is 54.3. The average molecular weight is 1240 g/mol. The Hall–Kier alpha value is -11.1. The standard InChI is InChI=1S/C87H63N6OP/c1-46-10-22-55(23-11-46)88-58-34-79-85-82(37-58)92-77-32-20-53(8)65-41-62-50(5)17-29-74(68(62)44-71(65)77)89(56-24-12-47(2)13-25-56)59-35-80(92)86-84(39-59)93-78-33-21-54(9)66-42-63-51(6)18-30-75(69(63)45-72(66)78)90(57-26-14-48(3)15-27-57)60-36-81(93)87(95(85,86)94)83(38-60)91(79)76-31-19-52(7)64-40-61-49(4)16-28-73(88)67(61)43-70(64)76/h10-45H,1-9H3. The molecule has 452 valence electrons. The lowest BCUT2D eigenvalue weighted by molar-refractivity contribution is 0.592. The molecule has 0 unspecified atom stereocenters. The molecule has 15 aromatic rings. The number of hydrogen-bond acceptors (Lipinski definition) is 7. The molecule has 8 heteroatoms. The van der Waals surface area contributed by atoms with E-state index in [0.29, 0.717) is 0 Å². The maximum Gasteiger partial charge on any atom is 0.183 e. The van der Waals surface area contributed by atoms with Crippen molar-refractivity contribution in [2.75, 3.05) is 29.4 Å². The van der Waals surface area contributed by atoms with Crippen LogP contribution in [0.5, 0.6) is 0 Å². The smallest absolute Gasteiger partial charge is 0.183 e. The molecule has 0 aliphatic carbocycles. The maximum atomic E-state index is 19.5. The van der Waals surface area contributed by atoms with Gasteiger partial charge in [-0.15, -0.1) is 0 Å². The summed E-state index contributed by atoms with van der Waals surface area (Å²) in [6, 6.07) is 84.1. The van der Waals surface area contributed by atoms with Gasteiger partial charge in [-0.05, 0) is 274 Å². The van der Waals surface area contributed by atoms with E-state index in [-0.39, 0.29) is 0 Å². The summed E-state index contributed by atoms with van der Waals surface area (Å²) in [4.78, 5) is 15.1. The van der Waals surface area contributed by atoms with E-state index in [9.17, 15) is 0 Å². The lowest BCUT2D eigenvalue weighted by atomic mass is 9.92. The van der Waals surface area contributed by atoms with Gasteiger partial charge < -0.3 is 34.0 Å². The van der Waals surface area contributed by atoms with Crippen molar-refractivity contribution in [3.63, 3.8) is 0 Å². The number of fused-ring (bicyclic) bond motifs is 9. The third-order valence-corrected chi connectivity index (χ3v) is 25.5. The summed E-state index contributed by atoms with van der Waals surface area (Å²) in [6.45, 7) is 20.0. The Bertz CT molecular complexity index is 5610. The normalized spacial score (nSPS) is 14.6. The second-order valence-electron chi connectivity index (χ2n) is 27.9. The molecular weight excluding hydrogens is 1180 g/mol. The van der Waals surface area contributed by atoms with Gasteiger partial charge in [0.2, 0.25) is 0 Å². The number of nitrogens with zero attached hydrogens (tertiary/aromatic N) is 6. The molecule has 0 aromatic heterocycles. The van der Waals surface area contributed by atoms with Crippen LogP contribution in [0, 0.1) is 62.3 Å². The van der Waals surface area contributed by atoms with Gasteiger partial charge in [-0.2, -0.15) is 0 Å². The van der Waals surface area contributed by atoms with Crippen LogP contribution in [0.15, 0.2) is 218 Å². The number of hydrogen-bond donors (Lipinski definition) is 0. The van der Waals surface area contributed by atoms with Crippen LogP contribution in [0.2, 0.25) is 0 Å². The molecule has 7 nitrogen and oxygen atoms in total. The van der Waals surface area contributed by atoms with Gasteiger partial charge in [-0.3, -0.25) is 0 Å². The molecule has 0 radical (unpaired) electrons. The third kappa shape index (κ3) is 6.78. The van der Waals surface area contributed by atoms with E-state index in [1.807, 2.05) is 0 Å². The van der Waals surface area contributed by atoms with E-state index >= 15 is 4.57 Å². The maximum absolute atomic E-state index is 19.5. The molecule has 6 heterocycles. The van der Waals surface area contributed by atoms with Gasteiger partial charge in [-0.25, -0.2) is 0 Å². The Morgan fingerprint density at radius 3 is 0.589 bits per heavy atom. The molecule has 0 amide bonds. The quantitative estimate of drug-likeness (QED) is 0.129. The lowest BCUT2D eigenvalue weighted by Gasteiger charge is -2.51. The van der Waals surface area contributed by atoms with Crippen LogP contribution in [0.4, 0.5) is 102 Å². The van der Waals surface area contributed by atoms with Crippen LogP contribution in [0.25, 0.3) is 64.6 Å². The number of anilines is 18.